The first-order valence-corrected chi connectivity index (χ1v) is 6.61. The predicted octanol–water partition coefficient (Wildman–Crippen LogP) is 2.38. The van der Waals surface area contributed by atoms with Gasteiger partial charge < -0.3 is 10.4 Å². The van der Waals surface area contributed by atoms with Gasteiger partial charge in [-0.15, -0.1) is 0 Å². The second-order valence-corrected chi connectivity index (χ2v) is 5.24. The van der Waals surface area contributed by atoms with Gasteiger partial charge in [0.15, 0.2) is 0 Å². The van der Waals surface area contributed by atoms with Crippen molar-refractivity contribution in [3.05, 3.63) is 34.9 Å². The second kappa shape index (κ2) is 5.65. The lowest BCUT2D eigenvalue weighted by atomic mass is 9.79. The summed E-state index contributed by atoms with van der Waals surface area (Å²) in [4.78, 5) is 0. The molecule has 1 aromatic carbocycles. The van der Waals surface area contributed by atoms with Crippen molar-refractivity contribution in [2.24, 2.45) is 5.92 Å². The lowest BCUT2D eigenvalue weighted by Gasteiger charge is -2.31. The van der Waals surface area contributed by atoms with Crippen LogP contribution in [-0.4, -0.2) is 24.8 Å². The number of aliphatic hydroxyl groups is 1. The summed E-state index contributed by atoms with van der Waals surface area (Å²) >= 11 is 0. The van der Waals surface area contributed by atoms with E-state index in [1.807, 2.05) is 0 Å². The minimum absolute atomic E-state index is 0.273. The van der Waals surface area contributed by atoms with Crippen LogP contribution in [0.4, 0.5) is 0 Å². The molecule has 0 aromatic heterocycles. The van der Waals surface area contributed by atoms with Crippen LogP contribution in [0.5, 0.6) is 0 Å². The quantitative estimate of drug-likeness (QED) is 0.840. The molecule has 0 radical (unpaired) electrons. The molecule has 94 valence electrons. The van der Waals surface area contributed by atoms with Crippen molar-refractivity contribution in [2.45, 2.75) is 32.6 Å². The van der Waals surface area contributed by atoms with Crippen molar-refractivity contribution < 1.29 is 5.11 Å². The van der Waals surface area contributed by atoms with Gasteiger partial charge in [-0.25, -0.2) is 0 Å². The zero-order valence-electron chi connectivity index (χ0n) is 10.9. The molecule has 1 aliphatic heterocycles. The molecule has 1 atom stereocenters. The van der Waals surface area contributed by atoms with E-state index in [0.717, 1.165) is 13.1 Å². The Morgan fingerprint density at radius 3 is 2.65 bits per heavy atom. The standard InChI is InChI=1S/C15H23NO/c1-11-3-4-12(2)14(9-11)15(10-17)13-5-7-16-8-6-13/h3-4,9,13,15-17H,5-8,10H2,1-2H3. The highest BCUT2D eigenvalue weighted by Gasteiger charge is 2.25. The van der Waals surface area contributed by atoms with Gasteiger partial charge in [0.2, 0.25) is 0 Å². The molecule has 2 heteroatoms. The Labute approximate surface area is 104 Å². The minimum Gasteiger partial charge on any atom is -0.396 e. The summed E-state index contributed by atoms with van der Waals surface area (Å²) in [6.45, 7) is 6.73. The van der Waals surface area contributed by atoms with Crippen molar-refractivity contribution in [2.75, 3.05) is 19.7 Å². The second-order valence-electron chi connectivity index (χ2n) is 5.24. The lowest BCUT2D eigenvalue weighted by molar-refractivity contribution is 0.201. The number of nitrogens with one attached hydrogen (secondary N) is 1. The van der Waals surface area contributed by atoms with Crippen molar-refractivity contribution in [3.8, 4) is 0 Å². The maximum atomic E-state index is 9.73. The van der Waals surface area contributed by atoms with E-state index in [9.17, 15) is 5.11 Å². The zero-order valence-corrected chi connectivity index (χ0v) is 10.9. The highest BCUT2D eigenvalue weighted by molar-refractivity contribution is 5.34. The molecule has 17 heavy (non-hydrogen) atoms. The van der Waals surface area contributed by atoms with Gasteiger partial charge in [-0.3, -0.25) is 0 Å². The number of hydrogen-bond donors (Lipinski definition) is 2. The van der Waals surface area contributed by atoms with E-state index in [1.165, 1.54) is 29.5 Å². The van der Waals surface area contributed by atoms with E-state index in [0.29, 0.717) is 11.8 Å². The summed E-state index contributed by atoms with van der Waals surface area (Å²) < 4.78 is 0. The smallest absolute Gasteiger partial charge is 0.0502 e. The number of benzene rings is 1. The largest absolute Gasteiger partial charge is 0.396 e. The number of aliphatic hydroxyl groups excluding tert-OH is 1. The van der Waals surface area contributed by atoms with Crippen LogP contribution in [0.1, 0.15) is 35.4 Å². The maximum Gasteiger partial charge on any atom is 0.0502 e. The Bertz CT molecular complexity index is 369. The van der Waals surface area contributed by atoms with Gasteiger partial charge in [0.1, 0.15) is 0 Å². The summed E-state index contributed by atoms with van der Waals surface area (Å²) in [5.74, 6) is 0.943. The first kappa shape index (κ1) is 12.6. The topological polar surface area (TPSA) is 32.3 Å². The number of rotatable bonds is 3. The van der Waals surface area contributed by atoms with Crippen LogP contribution in [0.15, 0.2) is 18.2 Å². The molecule has 1 fully saturated rings. The van der Waals surface area contributed by atoms with E-state index in [1.54, 1.807) is 0 Å². The average molecular weight is 233 g/mol. The number of aryl methyl sites for hydroxylation is 2. The van der Waals surface area contributed by atoms with Gasteiger partial charge in [0.05, 0.1) is 6.61 Å². The van der Waals surface area contributed by atoms with Gasteiger partial charge >= 0.3 is 0 Å². The van der Waals surface area contributed by atoms with E-state index >= 15 is 0 Å². The fraction of sp³-hybridized carbons (Fsp3) is 0.600. The maximum absolute atomic E-state index is 9.73. The fourth-order valence-electron chi connectivity index (χ4n) is 2.91. The summed E-state index contributed by atoms with van der Waals surface area (Å²) in [6.07, 6.45) is 2.36. The van der Waals surface area contributed by atoms with Gasteiger partial charge in [-0.2, -0.15) is 0 Å². The molecular weight excluding hydrogens is 210 g/mol. The van der Waals surface area contributed by atoms with Crippen LogP contribution in [0.2, 0.25) is 0 Å². The monoisotopic (exact) mass is 233 g/mol. The molecule has 0 spiro atoms. The molecule has 2 N–H and O–H groups in total. The highest BCUT2D eigenvalue weighted by Crippen LogP contribution is 2.32. The van der Waals surface area contributed by atoms with E-state index in [2.05, 4.69) is 37.4 Å². The van der Waals surface area contributed by atoms with Crippen LogP contribution in [0, 0.1) is 19.8 Å². The third-order valence-electron chi connectivity index (χ3n) is 3.98. The molecule has 0 aliphatic carbocycles. The third kappa shape index (κ3) is 2.88. The van der Waals surface area contributed by atoms with Gasteiger partial charge in [0, 0.05) is 5.92 Å². The number of hydrogen-bond acceptors (Lipinski definition) is 2. The van der Waals surface area contributed by atoms with Gasteiger partial charge in [0.25, 0.3) is 0 Å². The Hall–Kier alpha value is -0.860. The summed E-state index contributed by atoms with van der Waals surface area (Å²) in [6, 6.07) is 6.57. The predicted molar refractivity (Wildman–Crippen MR) is 71.3 cm³/mol. The van der Waals surface area contributed by atoms with E-state index in [4.69, 9.17) is 0 Å². The molecule has 0 amide bonds. The van der Waals surface area contributed by atoms with E-state index < -0.39 is 0 Å². The highest BCUT2D eigenvalue weighted by atomic mass is 16.3. The Kier molecular flexibility index (Phi) is 4.19. The molecule has 2 rings (SSSR count). The summed E-state index contributed by atoms with van der Waals surface area (Å²) in [5, 5.41) is 13.1. The molecule has 1 aliphatic rings. The molecule has 0 bridgehead atoms. The zero-order chi connectivity index (χ0) is 12.3. The van der Waals surface area contributed by atoms with E-state index in [-0.39, 0.29) is 6.61 Å². The van der Waals surface area contributed by atoms with Crippen LogP contribution < -0.4 is 5.32 Å². The molecule has 1 saturated heterocycles. The molecular formula is C15H23NO. The Morgan fingerprint density at radius 1 is 1.29 bits per heavy atom. The third-order valence-corrected chi connectivity index (χ3v) is 3.98. The first-order valence-electron chi connectivity index (χ1n) is 6.61. The van der Waals surface area contributed by atoms with Crippen molar-refractivity contribution in [1.29, 1.82) is 0 Å². The SMILES string of the molecule is Cc1ccc(C)c(C(CO)C2CCNCC2)c1. The molecule has 1 unspecified atom stereocenters. The van der Waals surface area contributed by atoms with Crippen LogP contribution in [0.25, 0.3) is 0 Å². The summed E-state index contributed by atoms with van der Waals surface area (Å²) in [5.41, 5.74) is 3.95. The molecule has 1 aromatic rings. The lowest BCUT2D eigenvalue weighted by Crippen LogP contribution is -2.32. The molecule has 1 heterocycles. The van der Waals surface area contributed by atoms with Crippen LogP contribution in [0.3, 0.4) is 0 Å². The fourth-order valence-corrected chi connectivity index (χ4v) is 2.91. The minimum atomic E-state index is 0.273. The average Bonchev–Trinajstić information content (AvgIpc) is 2.36. The number of piperidine rings is 1. The molecule has 0 saturated carbocycles. The first-order chi connectivity index (χ1) is 8.22. The van der Waals surface area contributed by atoms with Crippen molar-refractivity contribution in [3.63, 3.8) is 0 Å². The summed E-state index contributed by atoms with van der Waals surface area (Å²) in [7, 11) is 0. The van der Waals surface area contributed by atoms with Crippen molar-refractivity contribution >= 4 is 0 Å². The van der Waals surface area contributed by atoms with Crippen molar-refractivity contribution in [1.82, 2.24) is 5.32 Å². The normalized spacial score (nSPS) is 19.2. The van der Waals surface area contributed by atoms with Crippen LogP contribution >= 0.6 is 0 Å². The molecule has 2 nitrogen and oxygen atoms in total. The van der Waals surface area contributed by atoms with Gasteiger partial charge in [-0.05, 0) is 56.8 Å². The Morgan fingerprint density at radius 2 is 2.00 bits per heavy atom. The van der Waals surface area contributed by atoms with Gasteiger partial charge in [-0.1, -0.05) is 23.8 Å². The van der Waals surface area contributed by atoms with Crippen LogP contribution in [-0.2, 0) is 0 Å². The Balaban J connectivity index is 2.24.